The zero-order chi connectivity index (χ0) is 23.9. The number of alkyl halides is 1. The fourth-order valence-corrected chi connectivity index (χ4v) is 4.45. The maximum absolute atomic E-state index is 14.7. The molecule has 4 heterocycles. The first-order valence-corrected chi connectivity index (χ1v) is 11.4. The molecule has 0 spiro atoms. The molecule has 34 heavy (non-hydrogen) atoms. The highest BCUT2D eigenvalue weighted by Gasteiger charge is 2.34. The van der Waals surface area contributed by atoms with Crippen LogP contribution < -0.4 is 4.74 Å². The molecule has 1 fully saturated rings. The van der Waals surface area contributed by atoms with Crippen LogP contribution in [0.2, 0.25) is 0 Å². The Balaban J connectivity index is 1.47. The third-order valence-electron chi connectivity index (χ3n) is 6.34. The Bertz CT molecular complexity index is 1230. The summed E-state index contributed by atoms with van der Waals surface area (Å²) >= 11 is 0. The van der Waals surface area contributed by atoms with Crippen molar-refractivity contribution in [3.8, 4) is 17.1 Å². The molecule has 0 N–H and O–H groups in total. The van der Waals surface area contributed by atoms with E-state index in [1.807, 2.05) is 38.1 Å². The van der Waals surface area contributed by atoms with Crippen LogP contribution in [0.4, 0.5) is 4.39 Å². The lowest BCUT2D eigenvalue weighted by Crippen LogP contribution is -2.46. The minimum atomic E-state index is -1.20. The second kappa shape index (κ2) is 8.88. The average molecular weight is 467 g/mol. The third-order valence-corrected chi connectivity index (χ3v) is 6.34. The van der Waals surface area contributed by atoms with Gasteiger partial charge in [-0.05, 0) is 37.1 Å². The van der Waals surface area contributed by atoms with E-state index >= 15 is 0 Å². The van der Waals surface area contributed by atoms with Gasteiger partial charge in [0, 0.05) is 31.4 Å². The number of halogens is 1. The van der Waals surface area contributed by atoms with E-state index in [4.69, 9.17) is 19.2 Å². The molecule has 8 nitrogen and oxygen atoms in total. The van der Waals surface area contributed by atoms with Crippen LogP contribution in [0, 0.1) is 0 Å². The topological polar surface area (TPSA) is 86.7 Å². The number of hydrogen-bond acceptors (Lipinski definition) is 7. The fraction of sp³-hybridized carbons (Fsp3) is 0.440. The van der Waals surface area contributed by atoms with Crippen LogP contribution in [0.3, 0.4) is 0 Å². The van der Waals surface area contributed by atoms with Crippen molar-refractivity contribution in [2.24, 2.45) is 0 Å². The summed E-state index contributed by atoms with van der Waals surface area (Å²) in [6.45, 7) is 7.15. The number of ether oxygens (including phenoxy) is 3. The van der Waals surface area contributed by atoms with Gasteiger partial charge >= 0.3 is 0 Å². The minimum absolute atomic E-state index is 0.0110. The molecular formula is C25H27FN4O4. The Kier molecular flexibility index (Phi) is 5.91. The number of nitrogens with zero attached hydrogens (tertiary/aromatic N) is 4. The maximum Gasteiger partial charge on any atom is 0.242 e. The molecule has 2 aliphatic heterocycles. The SMILES string of the molecule is CC(=O)N1CCO[C@H](COc2nc(-c3ccc4c(c3)C(F)COC4(C)C)cc3nccnc23)C1. The number of rotatable bonds is 4. The molecule has 0 aliphatic carbocycles. The number of carbonyl (C=O) groups is 1. The average Bonchev–Trinajstić information content (AvgIpc) is 2.85. The highest BCUT2D eigenvalue weighted by atomic mass is 19.1. The normalized spacial score (nSPS) is 21.8. The zero-order valence-electron chi connectivity index (χ0n) is 19.5. The van der Waals surface area contributed by atoms with Gasteiger partial charge in [-0.3, -0.25) is 9.78 Å². The predicted octanol–water partition coefficient (Wildman–Crippen LogP) is 3.59. The molecule has 2 aliphatic rings. The van der Waals surface area contributed by atoms with Gasteiger partial charge in [-0.25, -0.2) is 14.4 Å². The highest BCUT2D eigenvalue weighted by Crippen LogP contribution is 2.40. The molecule has 0 bridgehead atoms. The number of carbonyl (C=O) groups excluding carboxylic acids is 1. The number of amides is 1. The van der Waals surface area contributed by atoms with E-state index in [-0.39, 0.29) is 25.2 Å². The zero-order valence-corrected chi connectivity index (χ0v) is 19.5. The number of pyridine rings is 1. The van der Waals surface area contributed by atoms with Gasteiger partial charge in [-0.15, -0.1) is 0 Å². The summed E-state index contributed by atoms with van der Waals surface area (Å²) in [5.74, 6) is 0.333. The molecule has 3 aromatic rings. The smallest absolute Gasteiger partial charge is 0.242 e. The van der Waals surface area contributed by atoms with Crippen molar-refractivity contribution in [2.75, 3.05) is 32.9 Å². The van der Waals surface area contributed by atoms with Gasteiger partial charge in [0.15, 0.2) is 5.52 Å². The quantitative estimate of drug-likeness (QED) is 0.581. The predicted molar refractivity (Wildman–Crippen MR) is 123 cm³/mol. The summed E-state index contributed by atoms with van der Waals surface area (Å²) in [6, 6.07) is 7.45. The number of benzene rings is 1. The Labute approximate surface area is 197 Å². The number of aromatic nitrogens is 3. The minimum Gasteiger partial charge on any atom is -0.473 e. The summed E-state index contributed by atoms with van der Waals surface area (Å²) in [6.07, 6.45) is 1.72. The Morgan fingerprint density at radius 1 is 1.26 bits per heavy atom. The first-order chi connectivity index (χ1) is 16.3. The monoisotopic (exact) mass is 466 g/mol. The van der Waals surface area contributed by atoms with Crippen LogP contribution >= 0.6 is 0 Å². The van der Waals surface area contributed by atoms with E-state index < -0.39 is 11.8 Å². The van der Waals surface area contributed by atoms with Gasteiger partial charge in [0.1, 0.15) is 18.9 Å². The van der Waals surface area contributed by atoms with Crippen LogP contribution in [0.5, 0.6) is 5.88 Å². The van der Waals surface area contributed by atoms with Crippen molar-refractivity contribution in [2.45, 2.75) is 38.6 Å². The van der Waals surface area contributed by atoms with Crippen molar-refractivity contribution in [1.29, 1.82) is 0 Å². The maximum atomic E-state index is 14.7. The molecule has 1 saturated heterocycles. The second-order valence-electron chi connectivity index (χ2n) is 9.10. The first-order valence-electron chi connectivity index (χ1n) is 11.4. The van der Waals surface area contributed by atoms with E-state index in [0.29, 0.717) is 47.9 Å². The number of fused-ring (bicyclic) bond motifs is 2. The number of morpholine rings is 1. The molecule has 9 heteroatoms. The molecule has 1 aromatic carbocycles. The van der Waals surface area contributed by atoms with Gasteiger partial charge in [-0.2, -0.15) is 0 Å². The van der Waals surface area contributed by atoms with Gasteiger partial charge in [0.25, 0.3) is 0 Å². The lowest BCUT2D eigenvalue weighted by molar-refractivity contribution is -0.137. The standard InChI is InChI=1S/C25H27FN4O4/c1-15(31)30-8-9-32-17(12-30)13-33-24-23-22(27-6-7-28-23)11-21(29-24)16-4-5-19-18(10-16)20(26)14-34-25(19,2)3/h4-7,10-11,17,20H,8-9,12-14H2,1-3H3/t17-,20?/m0/s1. The number of hydrogen-bond donors (Lipinski definition) is 0. The Hall–Kier alpha value is -3.17. The van der Waals surface area contributed by atoms with Crippen LogP contribution in [-0.4, -0.2) is 64.8 Å². The lowest BCUT2D eigenvalue weighted by atomic mass is 9.87. The van der Waals surface area contributed by atoms with Crippen molar-refractivity contribution in [3.05, 3.63) is 47.8 Å². The molecule has 0 saturated carbocycles. The summed E-state index contributed by atoms with van der Waals surface area (Å²) in [5.41, 5.74) is 3.40. The highest BCUT2D eigenvalue weighted by molar-refractivity contribution is 5.83. The lowest BCUT2D eigenvalue weighted by Gasteiger charge is -2.34. The summed E-state index contributed by atoms with van der Waals surface area (Å²) in [4.78, 5) is 27.0. The van der Waals surface area contributed by atoms with E-state index in [9.17, 15) is 9.18 Å². The Morgan fingerprint density at radius 2 is 2.09 bits per heavy atom. The van der Waals surface area contributed by atoms with Crippen LogP contribution in [-0.2, 0) is 19.9 Å². The van der Waals surface area contributed by atoms with E-state index in [1.54, 1.807) is 24.2 Å². The van der Waals surface area contributed by atoms with Gasteiger partial charge in [-0.1, -0.05) is 12.1 Å². The summed E-state index contributed by atoms with van der Waals surface area (Å²) in [7, 11) is 0. The molecule has 2 aromatic heterocycles. The molecule has 2 atom stereocenters. The van der Waals surface area contributed by atoms with Gasteiger partial charge < -0.3 is 19.1 Å². The Morgan fingerprint density at radius 3 is 2.91 bits per heavy atom. The molecule has 1 unspecified atom stereocenters. The van der Waals surface area contributed by atoms with Gasteiger partial charge in [0.05, 0.1) is 36.6 Å². The van der Waals surface area contributed by atoms with E-state index in [0.717, 1.165) is 11.1 Å². The molecule has 0 radical (unpaired) electrons. The van der Waals surface area contributed by atoms with Crippen molar-refractivity contribution < 1.29 is 23.4 Å². The van der Waals surface area contributed by atoms with Crippen molar-refractivity contribution >= 4 is 16.9 Å². The summed E-state index contributed by atoms with van der Waals surface area (Å²) < 4.78 is 32.2. The third kappa shape index (κ3) is 4.33. The van der Waals surface area contributed by atoms with Crippen LogP contribution in [0.25, 0.3) is 22.3 Å². The molecule has 1 amide bonds. The molecule has 5 rings (SSSR count). The van der Waals surface area contributed by atoms with E-state index in [2.05, 4.69) is 9.97 Å². The van der Waals surface area contributed by atoms with E-state index in [1.165, 1.54) is 0 Å². The fourth-order valence-electron chi connectivity index (χ4n) is 4.45. The van der Waals surface area contributed by atoms with Crippen LogP contribution in [0.1, 0.15) is 38.1 Å². The summed E-state index contributed by atoms with van der Waals surface area (Å²) in [5, 5.41) is 0. The van der Waals surface area contributed by atoms with Crippen LogP contribution in [0.15, 0.2) is 36.7 Å². The van der Waals surface area contributed by atoms with Crippen molar-refractivity contribution in [1.82, 2.24) is 19.9 Å². The molecule has 178 valence electrons. The molecular weight excluding hydrogens is 439 g/mol. The first kappa shape index (κ1) is 22.6. The van der Waals surface area contributed by atoms with Crippen molar-refractivity contribution in [3.63, 3.8) is 0 Å². The largest absolute Gasteiger partial charge is 0.473 e. The second-order valence-corrected chi connectivity index (χ2v) is 9.10. The van der Waals surface area contributed by atoms with Gasteiger partial charge in [0.2, 0.25) is 11.8 Å².